The van der Waals surface area contributed by atoms with Crippen molar-refractivity contribution in [1.82, 2.24) is 0 Å². The van der Waals surface area contributed by atoms with E-state index in [0.29, 0.717) is 0 Å². The van der Waals surface area contributed by atoms with Crippen LogP contribution >= 0.6 is 519 Å². The highest BCUT2D eigenvalue weighted by Crippen LogP contribution is 3.49. The standard InChI is InChI=1S/H66P65/c1-34-51(35(2)3)59(50(32)33)63(58(48(28)29)49(30)31)65(62(56(44(20)21)45(22)23)57(46(24)25)47(26)27)64(60(52(36(4)5)37(6)7)53(38(8)9)39(10)11)61(54(40(12)13)41(14)15)55(42(16)17)43(18)19/h1,34H,2-33H2/q-1. The smallest absolute Gasteiger partial charge is 0.0000107 e. The van der Waals surface area contributed by atoms with Gasteiger partial charge in [-0.05, 0) is 217 Å². The van der Waals surface area contributed by atoms with Crippen molar-refractivity contribution in [1.29, 1.82) is 0 Å². The molecule has 0 aliphatic heterocycles. The van der Waals surface area contributed by atoms with Gasteiger partial charge in [-0.25, -0.2) is 0 Å². The number of hydrogen-bond donors (Lipinski definition) is 0. The summed E-state index contributed by atoms with van der Waals surface area (Å²) >= 11 is 0. The summed E-state index contributed by atoms with van der Waals surface area (Å²) in [5.41, 5.74) is 0. The van der Waals surface area contributed by atoms with Crippen molar-refractivity contribution in [2.45, 2.75) is 0 Å². The molecule has 0 heterocycles. The molecule has 0 spiro atoms. The summed E-state index contributed by atoms with van der Waals surface area (Å²) in [5.74, 6) is 0. The lowest BCUT2D eigenvalue weighted by Crippen LogP contribution is -1.73. The quantitative estimate of drug-likeness (QED) is 0.0607. The summed E-state index contributed by atoms with van der Waals surface area (Å²) in [6.07, 6.45) is 0. The maximum Gasteiger partial charge on any atom is -0.0000107 e. The van der Waals surface area contributed by atoms with Gasteiger partial charge in [0, 0.05) is 0 Å². The lowest BCUT2D eigenvalue weighted by molar-refractivity contribution is 4.33. The van der Waals surface area contributed by atoms with Crippen LogP contribution in [0.1, 0.15) is 0 Å². The molecule has 0 fully saturated rings. The van der Waals surface area contributed by atoms with Gasteiger partial charge in [-0.2, -0.15) is 0 Å². The first-order chi connectivity index (χ1) is 29.6. The Hall–Kier alpha value is 27.9. The molecule has 0 aliphatic carbocycles. The summed E-state index contributed by atoms with van der Waals surface area (Å²) in [4.78, 5) is 0. The highest BCUT2D eigenvalue weighted by atomic mass is 33.6. The van der Waals surface area contributed by atoms with Crippen LogP contribution in [0.3, 0.4) is 0 Å². The van der Waals surface area contributed by atoms with Crippen LogP contribution in [-0.4, -0.2) is 0 Å². The third kappa shape index (κ3) is 33.1. The molecule has 392 valence electrons. The Morgan fingerprint density at radius 1 is 0.154 bits per heavy atom. The van der Waals surface area contributed by atoms with E-state index in [1.807, 2.05) is 0 Å². The average Bonchev–Trinajstić information content (AvgIpc) is 3.08. The fraction of sp³-hybridized carbons (Fsp3) is 0. The van der Waals surface area contributed by atoms with E-state index >= 15 is 0 Å². The van der Waals surface area contributed by atoms with Crippen molar-refractivity contribution in [3.63, 3.8) is 0 Å². The van der Waals surface area contributed by atoms with E-state index in [0.717, 1.165) is 7.96 Å². The SMILES string of the molecule is [PH-]PP(P(P)P)P(P(P)P)P(P(P(P)P)P(P)P)P(P(P(P(P)P)P(P)P)P(P(P)P)P(P)P)P(P(P(P(P)P)P(P)P)P(P(P)P)P(P)P)P(P(P(P)P)P(P)P)P(P(P)P)P(P)P. The van der Waals surface area contributed by atoms with Crippen LogP contribution in [0.25, 0.3) is 0 Å². The van der Waals surface area contributed by atoms with Gasteiger partial charge < -0.3 is 8.93 Å². The van der Waals surface area contributed by atoms with E-state index in [-0.39, 0.29) is 217 Å². The lowest BCUT2D eigenvalue weighted by Gasteiger charge is -2.61. The Bertz CT molecular complexity index is 1040. The summed E-state index contributed by atoms with van der Waals surface area (Å²) in [6.45, 7) is -8.10. The zero-order valence-electron chi connectivity index (χ0n) is 33.3. The third-order valence-corrected chi connectivity index (χ3v) is 459. The minimum atomic E-state index is -0.321. The molecule has 0 aromatic heterocycles. The fourth-order valence-corrected chi connectivity index (χ4v) is 942. The molecule has 0 aromatic carbocycles. The van der Waals surface area contributed by atoms with Gasteiger partial charge in [0.1, 0.15) is 0 Å². The van der Waals surface area contributed by atoms with Gasteiger partial charge >= 0.3 is 0 Å². The van der Waals surface area contributed by atoms with Crippen molar-refractivity contribution in [3.05, 3.63) is 0 Å². The first-order valence-corrected chi connectivity index (χ1v) is 133. The Morgan fingerprint density at radius 2 is 0.262 bits per heavy atom. The molecule has 0 bridgehead atoms. The second kappa shape index (κ2) is 51.1. The maximum atomic E-state index is 4.49. The average molecular weight is 2080 g/mol. The van der Waals surface area contributed by atoms with Gasteiger partial charge in [0.25, 0.3) is 0 Å². The molecule has 0 aliphatic rings. The van der Waals surface area contributed by atoms with Crippen LogP contribution in [0.5, 0.6) is 0 Å². The van der Waals surface area contributed by atoms with E-state index in [1.165, 1.54) is 0 Å². The van der Waals surface area contributed by atoms with E-state index in [9.17, 15) is 0 Å². The Morgan fingerprint density at radius 3 is 0.354 bits per heavy atom. The molecule has 0 saturated heterocycles. The van der Waals surface area contributed by atoms with Crippen LogP contribution in [0.4, 0.5) is 0 Å². The van der Waals surface area contributed by atoms with Crippen LogP contribution in [-0.2, 0) is 0 Å². The fourth-order valence-electron chi connectivity index (χ4n) is 3.88. The second-order valence-electron chi connectivity index (χ2n) is 10.2. The third-order valence-electron chi connectivity index (χ3n) is 5.67. The Labute approximate surface area is 511 Å². The highest BCUT2D eigenvalue weighted by Gasteiger charge is 2.62. The minimum absolute atomic E-state index is 0.177. The number of hydrogen-bond acceptors (Lipinski definition) is 0. The van der Waals surface area contributed by atoms with Crippen molar-refractivity contribution in [2.75, 3.05) is 0 Å². The summed E-state index contributed by atoms with van der Waals surface area (Å²) < 4.78 is 0. The Kier molecular flexibility index (Phi) is 73.1. The molecule has 0 radical (unpaired) electrons. The molecule has 37 atom stereocenters. The van der Waals surface area contributed by atoms with Crippen LogP contribution in [0, 0.1) is 0 Å². The van der Waals surface area contributed by atoms with Gasteiger partial charge in [-0.1, -0.05) is 0 Å². The van der Waals surface area contributed by atoms with Gasteiger partial charge in [0.15, 0.2) is 0 Å². The van der Waals surface area contributed by atoms with E-state index < -0.39 is 0 Å². The number of rotatable bonds is 31. The molecule has 0 saturated carbocycles. The first kappa shape index (κ1) is 93.0. The van der Waals surface area contributed by atoms with E-state index in [2.05, 4.69) is 295 Å². The van der Waals surface area contributed by atoms with Gasteiger partial charge in [0.2, 0.25) is 0 Å². The lowest BCUT2D eigenvalue weighted by atomic mass is 28.4. The summed E-state index contributed by atoms with van der Waals surface area (Å²) in [7, 11) is 120. The predicted molar refractivity (Wildman–Crippen MR) is 542 cm³/mol. The molecule has 0 nitrogen and oxygen atoms in total. The summed E-state index contributed by atoms with van der Waals surface area (Å²) in [5, 5.41) is 0. The van der Waals surface area contributed by atoms with Crippen molar-refractivity contribution in [3.8, 4) is 0 Å². The van der Waals surface area contributed by atoms with Crippen LogP contribution in [0.15, 0.2) is 0 Å². The molecule has 0 aromatic rings. The summed E-state index contributed by atoms with van der Waals surface area (Å²) in [6, 6.07) is 0. The first-order valence-electron chi connectivity index (χ1n) is 14.7. The second-order valence-corrected chi connectivity index (χ2v) is 276. The molecule has 37 unspecified atom stereocenters. The normalized spacial score (nSPS) is 16.4. The highest BCUT2D eigenvalue weighted by molar-refractivity contribution is 9.55. The molecule has 0 N–H and O–H groups in total. The minimum Gasteiger partial charge on any atom is -0.524 e. The van der Waals surface area contributed by atoms with Crippen LogP contribution in [0.2, 0.25) is 0 Å². The molecular weight excluding hydrogens is 2010 g/mol. The van der Waals surface area contributed by atoms with Gasteiger partial charge in [-0.3, -0.25) is 7.96 Å². The van der Waals surface area contributed by atoms with Crippen molar-refractivity contribution in [2.24, 2.45) is 0 Å². The van der Waals surface area contributed by atoms with Crippen molar-refractivity contribution < 1.29 is 0 Å². The van der Waals surface area contributed by atoms with E-state index in [1.54, 1.807) is 0 Å². The van der Waals surface area contributed by atoms with Gasteiger partial charge in [-0.15, -0.1) is 286 Å². The molecule has 65 heteroatoms. The molecule has 0 rings (SSSR count). The monoisotopic (exact) mass is 2080 g/mol. The van der Waals surface area contributed by atoms with Crippen molar-refractivity contribution >= 4 is 519 Å². The molecule has 65 heavy (non-hydrogen) atoms. The zero-order valence-corrected chi connectivity index (χ0v) is 100. The zero-order chi connectivity index (χ0) is 51.6. The Balaban J connectivity index is 11.2. The van der Waals surface area contributed by atoms with E-state index in [4.69, 9.17) is 0 Å². The predicted octanol–water partition coefficient (Wildman–Crippen LogP) is 38.3. The topological polar surface area (TPSA) is 0 Å². The molecule has 0 amide bonds. The largest absolute Gasteiger partial charge is 0.524 e. The maximum absolute atomic E-state index is 4.49. The van der Waals surface area contributed by atoms with Gasteiger partial charge in [0.05, 0.1) is 0 Å². The van der Waals surface area contributed by atoms with Crippen LogP contribution < -0.4 is 0 Å². The molecular formula is H66P65-.